The zero-order valence-electron chi connectivity index (χ0n) is 18.9. The van der Waals surface area contributed by atoms with E-state index in [9.17, 15) is 19.7 Å². The van der Waals surface area contributed by atoms with Gasteiger partial charge in [-0.25, -0.2) is 9.79 Å². The van der Waals surface area contributed by atoms with E-state index in [1.807, 2.05) is 6.92 Å². The van der Waals surface area contributed by atoms with Crippen LogP contribution in [0.3, 0.4) is 0 Å². The number of carbonyl (C=O) groups is 2. The number of aliphatic imine (C=N–C) groups is 1. The molecule has 0 atom stereocenters. The molecule has 1 saturated heterocycles. The molecule has 1 fully saturated rings. The maximum atomic E-state index is 13.0. The zero-order valence-corrected chi connectivity index (χ0v) is 21.2. The molecule has 0 unspecified atom stereocenters. The normalized spacial score (nSPS) is 15.7. The van der Waals surface area contributed by atoms with Crippen LogP contribution in [0.1, 0.15) is 23.0 Å². The number of nitro benzene ring substituents is 1. The molecular formula is C24H17Cl2N3O6S. The van der Waals surface area contributed by atoms with E-state index in [4.69, 9.17) is 32.4 Å². The quantitative estimate of drug-likeness (QED) is 0.149. The van der Waals surface area contributed by atoms with E-state index in [0.29, 0.717) is 45.0 Å². The number of furan rings is 1. The lowest BCUT2D eigenvalue weighted by atomic mass is 10.1. The summed E-state index contributed by atoms with van der Waals surface area (Å²) in [7, 11) is 1.30. The van der Waals surface area contributed by atoms with Gasteiger partial charge in [0, 0.05) is 24.3 Å². The van der Waals surface area contributed by atoms with E-state index in [0.717, 1.165) is 6.07 Å². The van der Waals surface area contributed by atoms with E-state index < -0.39 is 10.9 Å². The van der Waals surface area contributed by atoms with Crippen molar-refractivity contribution in [3.63, 3.8) is 0 Å². The number of carbonyl (C=O) groups excluding carboxylic acids is 2. The molecule has 0 spiro atoms. The van der Waals surface area contributed by atoms with Gasteiger partial charge in [-0.15, -0.1) is 0 Å². The molecule has 0 saturated carbocycles. The van der Waals surface area contributed by atoms with Gasteiger partial charge in [0.15, 0.2) is 5.17 Å². The van der Waals surface area contributed by atoms with E-state index in [-0.39, 0.29) is 21.6 Å². The number of likely N-dealkylation sites (N-methyl/N-ethyl adjacent to an activating group) is 1. The van der Waals surface area contributed by atoms with Crippen molar-refractivity contribution in [1.29, 1.82) is 0 Å². The molecule has 4 rings (SSSR count). The van der Waals surface area contributed by atoms with Crippen LogP contribution >= 0.6 is 35.0 Å². The predicted molar refractivity (Wildman–Crippen MR) is 139 cm³/mol. The summed E-state index contributed by atoms with van der Waals surface area (Å²) < 4.78 is 10.6. The van der Waals surface area contributed by atoms with Gasteiger partial charge >= 0.3 is 5.97 Å². The minimum Gasteiger partial charge on any atom is -0.465 e. The first-order valence-electron chi connectivity index (χ1n) is 10.4. The number of methoxy groups -OCH3 is 1. The molecule has 9 nitrogen and oxygen atoms in total. The fraction of sp³-hybridized carbons (Fsp3) is 0.125. The number of benzene rings is 2. The predicted octanol–water partition coefficient (Wildman–Crippen LogP) is 6.57. The molecule has 1 aliphatic heterocycles. The average Bonchev–Trinajstić information content (AvgIpc) is 3.43. The Kier molecular flexibility index (Phi) is 7.48. The molecule has 0 N–H and O–H groups in total. The Morgan fingerprint density at radius 1 is 1.22 bits per heavy atom. The van der Waals surface area contributed by atoms with E-state index in [1.165, 1.54) is 29.8 Å². The monoisotopic (exact) mass is 545 g/mol. The van der Waals surface area contributed by atoms with Gasteiger partial charge in [0.2, 0.25) is 0 Å². The number of nitro groups is 1. The van der Waals surface area contributed by atoms with Crippen molar-refractivity contribution >= 4 is 69.5 Å². The summed E-state index contributed by atoms with van der Waals surface area (Å²) in [6.45, 7) is 2.21. The SMILES string of the molecule is CCN1C(=O)C(=Cc2ccc(-c3cc(Cl)c([N+](=O)[O-])cc3Cl)o2)SC1=Nc1cccc(C(=O)OC)c1. The van der Waals surface area contributed by atoms with Gasteiger partial charge in [0.25, 0.3) is 11.6 Å². The van der Waals surface area contributed by atoms with Crippen molar-refractivity contribution in [3.8, 4) is 11.3 Å². The van der Waals surface area contributed by atoms with E-state index >= 15 is 0 Å². The summed E-state index contributed by atoms with van der Waals surface area (Å²) in [6.07, 6.45) is 1.58. The van der Waals surface area contributed by atoms with Gasteiger partial charge in [0.05, 0.1) is 33.2 Å². The van der Waals surface area contributed by atoms with Crippen molar-refractivity contribution in [2.45, 2.75) is 6.92 Å². The van der Waals surface area contributed by atoms with Gasteiger partial charge in [-0.1, -0.05) is 29.3 Å². The van der Waals surface area contributed by atoms with Gasteiger partial charge in [-0.3, -0.25) is 19.8 Å². The topological polar surface area (TPSA) is 115 Å². The number of nitrogens with zero attached hydrogens (tertiary/aromatic N) is 3. The molecule has 2 aromatic carbocycles. The minimum atomic E-state index is -0.622. The molecule has 1 aromatic heterocycles. The van der Waals surface area contributed by atoms with Crippen LogP contribution in [0.15, 0.2) is 62.8 Å². The standard InChI is InChI=1S/C24H17Cl2N3O6S/c1-3-28-22(30)21(36-24(28)27-14-6-4-5-13(9-14)23(31)34-2)10-15-7-8-20(35-15)16-11-18(26)19(29(32)33)12-17(16)25/h4-12H,3H2,1-2H3. The third kappa shape index (κ3) is 5.15. The van der Waals surface area contributed by atoms with Crippen LogP contribution in [0.25, 0.3) is 17.4 Å². The van der Waals surface area contributed by atoms with Crippen LogP contribution in [-0.4, -0.2) is 40.5 Å². The van der Waals surface area contributed by atoms with Crippen LogP contribution in [0, 0.1) is 10.1 Å². The van der Waals surface area contributed by atoms with Gasteiger partial charge < -0.3 is 9.15 Å². The number of thioether (sulfide) groups is 1. The van der Waals surface area contributed by atoms with Crippen molar-refractivity contribution in [1.82, 2.24) is 4.90 Å². The molecule has 0 radical (unpaired) electrons. The number of ether oxygens (including phenoxy) is 1. The smallest absolute Gasteiger partial charge is 0.337 e. The molecule has 1 aliphatic rings. The summed E-state index contributed by atoms with van der Waals surface area (Å²) >= 11 is 13.4. The van der Waals surface area contributed by atoms with Gasteiger partial charge in [-0.05, 0) is 55.1 Å². The lowest BCUT2D eigenvalue weighted by molar-refractivity contribution is -0.384. The maximum absolute atomic E-state index is 13.0. The van der Waals surface area contributed by atoms with Crippen molar-refractivity contribution in [3.05, 3.63) is 84.9 Å². The molecule has 36 heavy (non-hydrogen) atoms. The highest BCUT2D eigenvalue weighted by atomic mass is 35.5. The average molecular weight is 546 g/mol. The zero-order chi connectivity index (χ0) is 26.0. The van der Waals surface area contributed by atoms with Crippen LogP contribution in [0.5, 0.6) is 0 Å². The van der Waals surface area contributed by atoms with Crippen LogP contribution in [0.2, 0.25) is 10.0 Å². The summed E-state index contributed by atoms with van der Waals surface area (Å²) in [5.74, 6) is -0.0285. The summed E-state index contributed by atoms with van der Waals surface area (Å²) in [5.41, 5.74) is 0.916. The van der Waals surface area contributed by atoms with E-state index in [1.54, 1.807) is 42.5 Å². The number of esters is 1. The summed E-state index contributed by atoms with van der Waals surface area (Å²) in [4.78, 5) is 41.7. The largest absolute Gasteiger partial charge is 0.465 e. The lowest BCUT2D eigenvalue weighted by Crippen LogP contribution is -2.28. The third-order valence-electron chi connectivity index (χ3n) is 5.10. The van der Waals surface area contributed by atoms with Crippen molar-refractivity contribution < 1.29 is 23.7 Å². The Labute approximate surface area is 219 Å². The molecule has 0 bridgehead atoms. The van der Waals surface area contributed by atoms with Crippen LogP contribution in [0.4, 0.5) is 11.4 Å². The number of rotatable bonds is 6. The number of hydrogen-bond acceptors (Lipinski definition) is 8. The second-order valence-corrected chi connectivity index (χ2v) is 9.16. The van der Waals surface area contributed by atoms with Gasteiger partial charge in [0.1, 0.15) is 16.5 Å². The highest BCUT2D eigenvalue weighted by molar-refractivity contribution is 8.18. The third-order valence-corrected chi connectivity index (χ3v) is 6.72. The van der Waals surface area contributed by atoms with Crippen molar-refractivity contribution in [2.24, 2.45) is 4.99 Å². The van der Waals surface area contributed by atoms with E-state index in [2.05, 4.69) is 4.99 Å². The highest BCUT2D eigenvalue weighted by Crippen LogP contribution is 2.39. The molecule has 2 heterocycles. The molecule has 12 heteroatoms. The molecule has 184 valence electrons. The highest BCUT2D eigenvalue weighted by Gasteiger charge is 2.32. The second-order valence-electron chi connectivity index (χ2n) is 7.34. The number of halogens is 2. The summed E-state index contributed by atoms with van der Waals surface area (Å²) in [5, 5.41) is 11.5. The first-order valence-corrected chi connectivity index (χ1v) is 12.0. The van der Waals surface area contributed by atoms with Crippen molar-refractivity contribution in [2.75, 3.05) is 13.7 Å². The fourth-order valence-corrected chi connectivity index (χ4v) is 4.90. The Morgan fingerprint density at radius 3 is 2.69 bits per heavy atom. The number of amidine groups is 1. The summed E-state index contributed by atoms with van der Waals surface area (Å²) in [6, 6.07) is 12.4. The fourth-order valence-electron chi connectivity index (χ4n) is 3.37. The Morgan fingerprint density at radius 2 is 2.00 bits per heavy atom. The lowest BCUT2D eigenvalue weighted by Gasteiger charge is -2.12. The first-order chi connectivity index (χ1) is 17.2. The Hall–Kier alpha value is -3.60. The minimum absolute atomic E-state index is 0.0760. The Balaban J connectivity index is 1.62. The molecule has 0 aliphatic carbocycles. The molecule has 1 amide bonds. The first kappa shape index (κ1) is 25.5. The van der Waals surface area contributed by atoms with Crippen LogP contribution in [-0.2, 0) is 9.53 Å². The molecular weight excluding hydrogens is 529 g/mol. The molecule has 3 aromatic rings. The number of hydrogen-bond donors (Lipinski definition) is 0. The maximum Gasteiger partial charge on any atom is 0.337 e. The van der Waals surface area contributed by atoms with Crippen LogP contribution < -0.4 is 0 Å². The van der Waals surface area contributed by atoms with Gasteiger partial charge in [-0.2, -0.15) is 0 Å². The second kappa shape index (κ2) is 10.6. The number of amides is 1. The Bertz CT molecular complexity index is 1450.